The Labute approximate surface area is 138 Å². The maximum Gasteiger partial charge on any atom is 0.321 e. The van der Waals surface area contributed by atoms with Crippen molar-refractivity contribution in [2.75, 3.05) is 6.61 Å². The molecular formula is C16H21BrN2O3. The van der Waals surface area contributed by atoms with Gasteiger partial charge in [0.2, 0.25) is 0 Å². The first kappa shape index (κ1) is 16.8. The fourth-order valence-corrected chi connectivity index (χ4v) is 3.00. The first-order valence-corrected chi connectivity index (χ1v) is 8.33. The molecule has 0 heterocycles. The van der Waals surface area contributed by atoms with Crippen LogP contribution >= 0.6 is 15.9 Å². The van der Waals surface area contributed by atoms with Crippen molar-refractivity contribution in [3.63, 3.8) is 0 Å². The van der Waals surface area contributed by atoms with E-state index in [1.807, 2.05) is 18.2 Å². The number of hydrogen-bond donors (Lipinski definition) is 2. The molecule has 0 spiro atoms. The average molecular weight is 369 g/mol. The SMILES string of the molecule is CC1CCCCC1NC(=O)NC(=O)COc1ccccc1Br. The lowest BCUT2D eigenvalue weighted by Crippen LogP contribution is -2.48. The molecule has 3 amide bonds. The Bertz CT molecular complexity index is 536. The third-order valence-corrected chi connectivity index (χ3v) is 4.53. The normalized spacial score (nSPS) is 21.0. The second-order valence-electron chi connectivity index (χ2n) is 5.61. The van der Waals surface area contributed by atoms with Crippen molar-refractivity contribution in [1.29, 1.82) is 0 Å². The van der Waals surface area contributed by atoms with Gasteiger partial charge in [-0.05, 0) is 46.8 Å². The third-order valence-electron chi connectivity index (χ3n) is 3.88. The number of rotatable bonds is 4. The Kier molecular flexibility index (Phi) is 6.24. The van der Waals surface area contributed by atoms with E-state index in [1.54, 1.807) is 6.07 Å². The van der Waals surface area contributed by atoms with Crippen LogP contribution in [-0.4, -0.2) is 24.6 Å². The van der Waals surface area contributed by atoms with E-state index in [4.69, 9.17) is 4.74 Å². The van der Waals surface area contributed by atoms with Crippen LogP contribution in [-0.2, 0) is 4.79 Å². The summed E-state index contributed by atoms with van der Waals surface area (Å²) in [4.78, 5) is 23.6. The van der Waals surface area contributed by atoms with Gasteiger partial charge in [-0.1, -0.05) is 31.9 Å². The standard InChI is InChI=1S/C16H21BrN2O3/c1-11-6-2-4-8-13(11)18-16(21)19-15(20)10-22-14-9-5-3-7-12(14)17/h3,5,7,9,11,13H,2,4,6,8,10H2,1H3,(H2,18,19,20,21). The molecule has 6 heteroatoms. The number of nitrogens with one attached hydrogen (secondary N) is 2. The molecule has 0 aliphatic heterocycles. The Morgan fingerprint density at radius 3 is 2.73 bits per heavy atom. The second-order valence-corrected chi connectivity index (χ2v) is 6.46. The third kappa shape index (κ3) is 5.02. The number of urea groups is 1. The fraction of sp³-hybridized carbons (Fsp3) is 0.500. The number of carbonyl (C=O) groups is 2. The quantitative estimate of drug-likeness (QED) is 0.856. The number of benzene rings is 1. The molecule has 2 atom stereocenters. The van der Waals surface area contributed by atoms with Crippen LogP contribution in [0.4, 0.5) is 4.79 Å². The summed E-state index contributed by atoms with van der Waals surface area (Å²) in [6, 6.07) is 6.95. The van der Waals surface area contributed by atoms with Crippen molar-refractivity contribution in [2.24, 2.45) is 5.92 Å². The lowest BCUT2D eigenvalue weighted by molar-refractivity contribution is -0.122. The highest BCUT2D eigenvalue weighted by Gasteiger charge is 2.23. The summed E-state index contributed by atoms with van der Waals surface area (Å²) in [5.41, 5.74) is 0. The molecule has 0 aromatic heterocycles. The van der Waals surface area contributed by atoms with Gasteiger partial charge in [-0.15, -0.1) is 0 Å². The van der Waals surface area contributed by atoms with Crippen LogP contribution in [0.2, 0.25) is 0 Å². The minimum absolute atomic E-state index is 0.144. The van der Waals surface area contributed by atoms with Gasteiger partial charge in [0.25, 0.3) is 5.91 Å². The summed E-state index contributed by atoms with van der Waals surface area (Å²) in [7, 11) is 0. The summed E-state index contributed by atoms with van der Waals surface area (Å²) in [5.74, 6) is 0.557. The number of halogens is 1. The van der Waals surface area contributed by atoms with Gasteiger partial charge in [0.15, 0.2) is 6.61 Å². The smallest absolute Gasteiger partial charge is 0.321 e. The summed E-state index contributed by atoms with van der Waals surface area (Å²) >= 11 is 3.33. The van der Waals surface area contributed by atoms with E-state index in [2.05, 4.69) is 33.5 Å². The van der Waals surface area contributed by atoms with Crippen LogP contribution in [0.1, 0.15) is 32.6 Å². The molecule has 2 unspecified atom stereocenters. The van der Waals surface area contributed by atoms with E-state index in [0.29, 0.717) is 11.7 Å². The molecule has 22 heavy (non-hydrogen) atoms. The van der Waals surface area contributed by atoms with Crippen LogP contribution in [0, 0.1) is 5.92 Å². The summed E-state index contributed by atoms with van der Waals surface area (Å²) < 4.78 is 6.14. The lowest BCUT2D eigenvalue weighted by Gasteiger charge is -2.29. The van der Waals surface area contributed by atoms with Gasteiger partial charge < -0.3 is 10.1 Å². The summed E-state index contributed by atoms with van der Waals surface area (Å²) in [6.45, 7) is 1.93. The molecule has 1 fully saturated rings. The van der Waals surface area contributed by atoms with Gasteiger partial charge in [-0.3, -0.25) is 10.1 Å². The van der Waals surface area contributed by atoms with Gasteiger partial charge in [0, 0.05) is 6.04 Å². The molecule has 1 aliphatic rings. The molecule has 1 aromatic rings. The zero-order valence-corrected chi connectivity index (χ0v) is 14.2. The number of ether oxygens (including phenoxy) is 1. The van der Waals surface area contributed by atoms with Gasteiger partial charge in [-0.25, -0.2) is 4.79 Å². The van der Waals surface area contributed by atoms with Crippen molar-refractivity contribution in [1.82, 2.24) is 10.6 Å². The van der Waals surface area contributed by atoms with Crippen LogP contribution in [0.3, 0.4) is 0 Å². The summed E-state index contributed by atoms with van der Waals surface area (Å²) in [5, 5.41) is 5.18. The minimum Gasteiger partial charge on any atom is -0.483 e. The highest BCUT2D eigenvalue weighted by Crippen LogP contribution is 2.24. The highest BCUT2D eigenvalue weighted by molar-refractivity contribution is 9.10. The van der Waals surface area contributed by atoms with E-state index in [9.17, 15) is 9.59 Å². The maximum absolute atomic E-state index is 11.8. The molecule has 2 N–H and O–H groups in total. The van der Waals surface area contributed by atoms with E-state index in [1.165, 1.54) is 6.42 Å². The number of imide groups is 1. The van der Waals surface area contributed by atoms with Crippen molar-refractivity contribution < 1.29 is 14.3 Å². The van der Waals surface area contributed by atoms with Crippen LogP contribution in [0.15, 0.2) is 28.7 Å². The van der Waals surface area contributed by atoms with Gasteiger partial charge >= 0.3 is 6.03 Å². The van der Waals surface area contributed by atoms with Crippen molar-refractivity contribution >= 4 is 27.9 Å². The van der Waals surface area contributed by atoms with Crippen LogP contribution in [0.5, 0.6) is 5.75 Å². The fourth-order valence-electron chi connectivity index (χ4n) is 2.60. The number of hydrogen-bond acceptors (Lipinski definition) is 3. The second kappa shape index (κ2) is 8.17. The number of para-hydroxylation sites is 1. The van der Waals surface area contributed by atoms with Gasteiger partial charge in [0.1, 0.15) is 5.75 Å². The first-order chi connectivity index (χ1) is 10.6. The Morgan fingerprint density at radius 2 is 2.00 bits per heavy atom. The van der Waals surface area contributed by atoms with E-state index < -0.39 is 11.9 Å². The molecule has 0 radical (unpaired) electrons. The zero-order chi connectivity index (χ0) is 15.9. The van der Waals surface area contributed by atoms with Crippen molar-refractivity contribution in [3.05, 3.63) is 28.7 Å². The molecule has 1 saturated carbocycles. The number of carbonyl (C=O) groups excluding carboxylic acids is 2. The van der Waals surface area contributed by atoms with E-state index in [-0.39, 0.29) is 12.6 Å². The average Bonchev–Trinajstić information content (AvgIpc) is 2.49. The molecular weight excluding hydrogens is 348 g/mol. The Hall–Kier alpha value is -1.56. The predicted molar refractivity (Wildman–Crippen MR) is 87.7 cm³/mol. The first-order valence-electron chi connectivity index (χ1n) is 7.54. The predicted octanol–water partition coefficient (Wildman–Crippen LogP) is 3.23. The Balaban J connectivity index is 1.74. The molecule has 1 aliphatic carbocycles. The minimum atomic E-state index is -0.461. The maximum atomic E-state index is 11.8. The molecule has 120 valence electrons. The molecule has 2 rings (SSSR count). The van der Waals surface area contributed by atoms with Crippen molar-refractivity contribution in [2.45, 2.75) is 38.6 Å². The summed E-state index contributed by atoms with van der Waals surface area (Å²) in [6.07, 6.45) is 4.41. The highest BCUT2D eigenvalue weighted by atomic mass is 79.9. The molecule has 0 bridgehead atoms. The number of amides is 3. The van der Waals surface area contributed by atoms with Crippen LogP contribution < -0.4 is 15.4 Å². The van der Waals surface area contributed by atoms with E-state index in [0.717, 1.165) is 23.7 Å². The van der Waals surface area contributed by atoms with E-state index >= 15 is 0 Å². The van der Waals surface area contributed by atoms with Gasteiger partial charge in [-0.2, -0.15) is 0 Å². The molecule has 5 nitrogen and oxygen atoms in total. The topological polar surface area (TPSA) is 67.4 Å². The molecule has 1 aromatic carbocycles. The van der Waals surface area contributed by atoms with Crippen molar-refractivity contribution in [3.8, 4) is 5.75 Å². The van der Waals surface area contributed by atoms with Crippen LogP contribution in [0.25, 0.3) is 0 Å². The monoisotopic (exact) mass is 368 g/mol. The van der Waals surface area contributed by atoms with Gasteiger partial charge in [0.05, 0.1) is 4.47 Å². The lowest BCUT2D eigenvalue weighted by atomic mass is 9.86. The molecule has 0 saturated heterocycles. The zero-order valence-electron chi connectivity index (χ0n) is 12.6. The largest absolute Gasteiger partial charge is 0.483 e. The Morgan fingerprint density at radius 1 is 1.27 bits per heavy atom.